The number of nitro groups is 1. The summed E-state index contributed by atoms with van der Waals surface area (Å²) in [4.78, 5) is 8.99. The summed E-state index contributed by atoms with van der Waals surface area (Å²) in [6.45, 7) is 1.23. The van der Waals surface area contributed by atoms with Gasteiger partial charge in [0.2, 0.25) is 15.8 Å². The van der Waals surface area contributed by atoms with Crippen LogP contribution in [0.4, 0.5) is 10.1 Å². The fraction of sp³-hybridized carbons (Fsp3) is 0.143. The molecule has 1 rings (SSSR count). The Balaban J connectivity index is 3.52. The van der Waals surface area contributed by atoms with E-state index in [2.05, 4.69) is 0 Å². The Morgan fingerprint density at radius 1 is 1.47 bits per heavy atom. The molecule has 1 aromatic rings. The molecule has 0 aliphatic heterocycles. The van der Waals surface area contributed by atoms with Crippen LogP contribution in [0.5, 0.6) is 0 Å². The van der Waals surface area contributed by atoms with Crippen molar-refractivity contribution in [2.45, 2.75) is 11.8 Å². The van der Waals surface area contributed by atoms with Crippen LogP contribution < -0.4 is 5.14 Å². The normalized spacial score (nSPS) is 11.4. The first-order valence-corrected chi connectivity index (χ1v) is 5.25. The van der Waals surface area contributed by atoms with Gasteiger partial charge < -0.3 is 0 Å². The molecule has 0 saturated heterocycles. The van der Waals surface area contributed by atoms with Crippen LogP contribution in [0.2, 0.25) is 0 Å². The fourth-order valence-electron chi connectivity index (χ4n) is 1.10. The Labute approximate surface area is 84.7 Å². The highest BCUT2D eigenvalue weighted by Crippen LogP contribution is 2.24. The number of nitrogens with two attached hydrogens (primary N) is 1. The lowest BCUT2D eigenvalue weighted by Crippen LogP contribution is -2.13. The Bertz CT molecular complexity index is 503. The highest BCUT2D eigenvalue weighted by atomic mass is 32.2. The van der Waals surface area contributed by atoms with Gasteiger partial charge in [-0.05, 0) is 13.0 Å². The van der Waals surface area contributed by atoms with E-state index in [-0.39, 0.29) is 5.56 Å². The van der Waals surface area contributed by atoms with Crippen molar-refractivity contribution in [3.63, 3.8) is 0 Å². The lowest BCUT2D eigenvalue weighted by atomic mass is 10.2. The van der Waals surface area contributed by atoms with E-state index in [9.17, 15) is 22.9 Å². The highest BCUT2D eigenvalue weighted by molar-refractivity contribution is 7.89. The molecule has 8 heteroatoms. The summed E-state index contributed by atoms with van der Waals surface area (Å²) in [6, 6.07) is 1.48. The van der Waals surface area contributed by atoms with E-state index in [0.717, 1.165) is 6.07 Å². The first kappa shape index (κ1) is 11.5. The van der Waals surface area contributed by atoms with Crippen molar-refractivity contribution in [3.05, 3.63) is 33.6 Å². The van der Waals surface area contributed by atoms with E-state index in [4.69, 9.17) is 5.14 Å². The summed E-state index contributed by atoms with van der Waals surface area (Å²) in [6.07, 6.45) is 0. The van der Waals surface area contributed by atoms with Gasteiger partial charge in [0.25, 0.3) is 0 Å². The molecular weight excluding hydrogens is 227 g/mol. The van der Waals surface area contributed by atoms with Crippen LogP contribution in [-0.4, -0.2) is 13.3 Å². The molecule has 0 radical (unpaired) electrons. The monoisotopic (exact) mass is 234 g/mol. The molecule has 0 unspecified atom stereocenters. The SMILES string of the molecule is Cc1cc(S(N)(=O)=O)cc(F)c1[N+](=O)[O-]. The Kier molecular flexibility index (Phi) is 2.73. The van der Waals surface area contributed by atoms with Gasteiger partial charge in [-0.15, -0.1) is 0 Å². The molecule has 0 atom stereocenters. The second kappa shape index (κ2) is 3.55. The molecule has 0 spiro atoms. The standard InChI is InChI=1S/C7H7FN2O4S/c1-4-2-5(15(9,13)14)3-6(8)7(4)10(11)12/h2-3H,1H3,(H2,9,13,14). The van der Waals surface area contributed by atoms with E-state index in [1.165, 1.54) is 6.92 Å². The van der Waals surface area contributed by atoms with Crippen molar-refractivity contribution in [2.24, 2.45) is 5.14 Å². The summed E-state index contributed by atoms with van der Waals surface area (Å²) in [5.41, 5.74) is -0.841. The van der Waals surface area contributed by atoms with E-state index < -0.39 is 31.3 Å². The topological polar surface area (TPSA) is 103 Å². The van der Waals surface area contributed by atoms with Crippen molar-refractivity contribution in [1.29, 1.82) is 0 Å². The van der Waals surface area contributed by atoms with E-state index in [1.54, 1.807) is 0 Å². The quantitative estimate of drug-likeness (QED) is 0.600. The predicted molar refractivity (Wildman–Crippen MR) is 49.2 cm³/mol. The lowest BCUT2D eigenvalue weighted by Gasteiger charge is -2.02. The number of nitro benzene ring substituents is 1. The van der Waals surface area contributed by atoms with Gasteiger partial charge in [-0.1, -0.05) is 0 Å². The van der Waals surface area contributed by atoms with Crippen molar-refractivity contribution in [3.8, 4) is 0 Å². The van der Waals surface area contributed by atoms with Crippen molar-refractivity contribution in [2.75, 3.05) is 0 Å². The Hall–Kier alpha value is -1.54. The Morgan fingerprint density at radius 2 is 2.00 bits per heavy atom. The second-order valence-corrected chi connectivity index (χ2v) is 4.43. The van der Waals surface area contributed by atoms with Crippen LogP contribution in [0.1, 0.15) is 5.56 Å². The largest absolute Gasteiger partial charge is 0.307 e. The molecule has 0 aliphatic carbocycles. The maximum absolute atomic E-state index is 13.1. The van der Waals surface area contributed by atoms with Gasteiger partial charge >= 0.3 is 5.69 Å². The minimum atomic E-state index is -4.05. The zero-order valence-electron chi connectivity index (χ0n) is 7.60. The van der Waals surface area contributed by atoms with Gasteiger partial charge in [0, 0.05) is 11.6 Å². The molecule has 0 amide bonds. The van der Waals surface area contributed by atoms with Crippen molar-refractivity contribution < 1.29 is 17.7 Å². The van der Waals surface area contributed by atoms with Gasteiger partial charge in [-0.2, -0.15) is 4.39 Å². The number of primary sulfonamides is 1. The van der Waals surface area contributed by atoms with Crippen LogP contribution in [0.25, 0.3) is 0 Å². The molecule has 6 nitrogen and oxygen atoms in total. The van der Waals surface area contributed by atoms with Gasteiger partial charge in [0.1, 0.15) is 0 Å². The number of benzene rings is 1. The second-order valence-electron chi connectivity index (χ2n) is 2.87. The first-order valence-electron chi connectivity index (χ1n) is 3.71. The van der Waals surface area contributed by atoms with Gasteiger partial charge in [-0.3, -0.25) is 10.1 Å². The summed E-state index contributed by atoms with van der Waals surface area (Å²) in [5, 5.41) is 15.1. The third-order valence-electron chi connectivity index (χ3n) is 1.74. The van der Waals surface area contributed by atoms with Crippen LogP contribution >= 0.6 is 0 Å². The van der Waals surface area contributed by atoms with Crippen LogP contribution in [0, 0.1) is 22.9 Å². The van der Waals surface area contributed by atoms with Gasteiger partial charge in [0.05, 0.1) is 9.82 Å². The minimum absolute atomic E-state index is 0.0935. The summed E-state index contributed by atoms with van der Waals surface area (Å²) >= 11 is 0. The summed E-state index contributed by atoms with van der Waals surface area (Å²) < 4.78 is 34.8. The molecule has 1 aromatic carbocycles. The van der Waals surface area contributed by atoms with E-state index in [1.807, 2.05) is 0 Å². The molecule has 0 saturated carbocycles. The molecule has 2 N–H and O–H groups in total. The number of nitrogens with zero attached hydrogens (tertiary/aromatic N) is 1. The summed E-state index contributed by atoms with van der Waals surface area (Å²) in [7, 11) is -4.05. The Morgan fingerprint density at radius 3 is 2.33 bits per heavy atom. The lowest BCUT2D eigenvalue weighted by molar-refractivity contribution is -0.388. The third kappa shape index (κ3) is 2.28. The molecule has 15 heavy (non-hydrogen) atoms. The number of hydrogen-bond acceptors (Lipinski definition) is 4. The number of aryl methyl sites for hydroxylation is 1. The molecular formula is C7H7FN2O4S. The molecule has 0 bridgehead atoms. The van der Waals surface area contributed by atoms with Crippen LogP contribution in [-0.2, 0) is 10.0 Å². The van der Waals surface area contributed by atoms with Crippen molar-refractivity contribution in [1.82, 2.24) is 0 Å². The molecule has 0 aromatic heterocycles. The molecule has 0 aliphatic rings. The number of halogens is 1. The third-order valence-corrected chi connectivity index (χ3v) is 2.63. The number of sulfonamides is 1. The first-order chi connectivity index (χ1) is 6.73. The average molecular weight is 234 g/mol. The fourth-order valence-corrected chi connectivity index (χ4v) is 1.71. The maximum atomic E-state index is 13.1. The zero-order chi connectivity index (χ0) is 11.8. The highest BCUT2D eigenvalue weighted by Gasteiger charge is 2.21. The van der Waals surface area contributed by atoms with Crippen LogP contribution in [0.3, 0.4) is 0 Å². The molecule has 0 fully saturated rings. The van der Waals surface area contributed by atoms with Crippen LogP contribution in [0.15, 0.2) is 17.0 Å². The smallest absolute Gasteiger partial charge is 0.258 e. The summed E-state index contributed by atoms with van der Waals surface area (Å²) in [5.74, 6) is -1.22. The maximum Gasteiger partial charge on any atom is 0.307 e. The number of rotatable bonds is 2. The predicted octanol–water partition coefficient (Wildman–Crippen LogP) is 0.690. The molecule has 82 valence electrons. The average Bonchev–Trinajstić information content (AvgIpc) is 1.99. The number of hydrogen-bond donors (Lipinski definition) is 1. The van der Waals surface area contributed by atoms with Gasteiger partial charge in [0.15, 0.2) is 0 Å². The van der Waals surface area contributed by atoms with E-state index >= 15 is 0 Å². The van der Waals surface area contributed by atoms with Gasteiger partial charge in [-0.25, -0.2) is 13.6 Å². The zero-order valence-corrected chi connectivity index (χ0v) is 8.41. The minimum Gasteiger partial charge on any atom is -0.258 e. The molecule has 0 heterocycles. The van der Waals surface area contributed by atoms with E-state index in [0.29, 0.717) is 6.07 Å². The van der Waals surface area contributed by atoms with Crippen molar-refractivity contribution >= 4 is 15.7 Å².